The fourth-order valence-corrected chi connectivity index (χ4v) is 2.03. The molecule has 0 saturated heterocycles. The first-order valence-corrected chi connectivity index (χ1v) is 6.86. The average Bonchev–Trinajstić information content (AvgIpc) is 2.38. The number of quaternary nitrogens is 1. The topological polar surface area (TPSA) is 85.8 Å². The minimum atomic E-state index is -1.20. The number of para-hydroxylation sites is 1. The van der Waals surface area contributed by atoms with E-state index < -0.39 is 12.0 Å². The van der Waals surface area contributed by atoms with Gasteiger partial charge >= 0.3 is 0 Å². The van der Waals surface area contributed by atoms with E-state index in [4.69, 9.17) is 0 Å². The highest BCUT2D eigenvalue weighted by Gasteiger charge is 2.18. The molecule has 1 atom stereocenters. The van der Waals surface area contributed by atoms with Crippen molar-refractivity contribution in [2.24, 2.45) is 0 Å². The van der Waals surface area contributed by atoms with Crippen LogP contribution in [0.4, 0.5) is 5.69 Å². The standard InChI is InChI=1S/C15H22N2O3/c1-4-8-16-12(15(19)20)9-13(18)17-14-10(2)6-5-7-11(14)3/h5-7,12,16H,4,8-9H2,1-3H3,(H,17,18)(H,19,20)/t12-/m0/s1. The Bertz CT molecular complexity index is 466. The van der Waals surface area contributed by atoms with Gasteiger partial charge in [-0.25, -0.2) is 0 Å². The van der Waals surface area contributed by atoms with Gasteiger partial charge in [0.25, 0.3) is 0 Å². The van der Waals surface area contributed by atoms with Gasteiger partial charge in [-0.3, -0.25) is 4.79 Å². The number of carboxylic acids is 1. The van der Waals surface area contributed by atoms with Crippen LogP contribution < -0.4 is 15.7 Å². The summed E-state index contributed by atoms with van der Waals surface area (Å²) in [6, 6.07) is 4.89. The second-order valence-corrected chi connectivity index (χ2v) is 4.97. The number of carboxylic acid groups (broad SMARTS) is 1. The van der Waals surface area contributed by atoms with E-state index in [0.717, 1.165) is 23.2 Å². The lowest BCUT2D eigenvalue weighted by atomic mass is 10.1. The van der Waals surface area contributed by atoms with Crippen LogP contribution in [0.3, 0.4) is 0 Å². The minimum Gasteiger partial charge on any atom is -0.544 e. The van der Waals surface area contributed by atoms with Gasteiger partial charge in [-0.2, -0.15) is 0 Å². The Morgan fingerprint density at radius 3 is 2.40 bits per heavy atom. The highest BCUT2D eigenvalue weighted by Crippen LogP contribution is 2.19. The largest absolute Gasteiger partial charge is 0.544 e. The van der Waals surface area contributed by atoms with Gasteiger partial charge in [0.05, 0.1) is 18.9 Å². The van der Waals surface area contributed by atoms with Crippen molar-refractivity contribution in [2.45, 2.75) is 39.7 Å². The molecule has 0 fully saturated rings. The molecule has 0 unspecified atom stereocenters. The summed E-state index contributed by atoms with van der Waals surface area (Å²) in [6.07, 6.45) is 0.762. The van der Waals surface area contributed by atoms with Crippen LogP contribution in [0.15, 0.2) is 18.2 Å². The van der Waals surface area contributed by atoms with E-state index in [1.54, 1.807) is 5.32 Å². The first-order valence-electron chi connectivity index (χ1n) is 6.86. The first kappa shape index (κ1) is 16.2. The number of nitrogens with one attached hydrogen (secondary N) is 1. The van der Waals surface area contributed by atoms with Crippen molar-refractivity contribution in [3.63, 3.8) is 0 Å². The zero-order chi connectivity index (χ0) is 15.1. The van der Waals surface area contributed by atoms with Crippen molar-refractivity contribution >= 4 is 17.6 Å². The van der Waals surface area contributed by atoms with Crippen LogP contribution in [0, 0.1) is 13.8 Å². The number of benzene rings is 1. The Hall–Kier alpha value is -1.88. The van der Waals surface area contributed by atoms with Crippen molar-refractivity contribution in [1.82, 2.24) is 0 Å². The second-order valence-electron chi connectivity index (χ2n) is 4.97. The molecule has 0 saturated carbocycles. The molecule has 1 aromatic carbocycles. The molecule has 0 aliphatic carbocycles. The average molecular weight is 278 g/mol. The van der Waals surface area contributed by atoms with Gasteiger partial charge in [-0.05, 0) is 31.4 Å². The molecule has 0 aliphatic heterocycles. The van der Waals surface area contributed by atoms with Gasteiger partial charge in [0.15, 0.2) is 0 Å². The summed E-state index contributed by atoms with van der Waals surface area (Å²) < 4.78 is 0. The maximum Gasteiger partial charge on any atom is 0.230 e. The first-order chi connectivity index (χ1) is 9.45. The Morgan fingerprint density at radius 1 is 1.30 bits per heavy atom. The molecular weight excluding hydrogens is 256 g/mol. The molecule has 1 rings (SSSR count). The Kier molecular flexibility index (Phi) is 6.18. The Balaban J connectivity index is 2.68. The molecule has 3 N–H and O–H groups in total. The number of amides is 1. The smallest absolute Gasteiger partial charge is 0.230 e. The monoisotopic (exact) mass is 278 g/mol. The lowest BCUT2D eigenvalue weighted by molar-refractivity contribution is -0.682. The number of aryl methyl sites for hydroxylation is 2. The highest BCUT2D eigenvalue weighted by atomic mass is 16.4. The number of carbonyl (C=O) groups is 2. The summed E-state index contributed by atoms with van der Waals surface area (Å²) >= 11 is 0. The lowest BCUT2D eigenvalue weighted by Gasteiger charge is -2.17. The predicted molar refractivity (Wildman–Crippen MR) is 75.0 cm³/mol. The second kappa shape index (κ2) is 7.65. The van der Waals surface area contributed by atoms with Crippen LogP contribution in [0.25, 0.3) is 0 Å². The lowest BCUT2D eigenvalue weighted by Crippen LogP contribution is -2.93. The van der Waals surface area contributed by atoms with Gasteiger partial charge in [0.1, 0.15) is 6.04 Å². The quantitative estimate of drug-likeness (QED) is 0.719. The number of rotatable bonds is 7. The SMILES string of the molecule is CCC[NH2+][C@@H](CC(=O)Nc1c(C)cccc1C)C(=O)[O-]. The molecule has 0 spiro atoms. The minimum absolute atomic E-state index is 0.0872. The Labute approximate surface area is 119 Å². The molecule has 0 aliphatic rings. The van der Waals surface area contributed by atoms with Gasteiger partial charge in [-0.15, -0.1) is 0 Å². The molecule has 5 heteroatoms. The van der Waals surface area contributed by atoms with Crippen LogP contribution in [0.2, 0.25) is 0 Å². The van der Waals surface area contributed by atoms with Crippen molar-refractivity contribution in [3.8, 4) is 0 Å². The van der Waals surface area contributed by atoms with E-state index in [1.807, 2.05) is 39.0 Å². The molecule has 110 valence electrons. The fraction of sp³-hybridized carbons (Fsp3) is 0.467. The van der Waals surface area contributed by atoms with Crippen LogP contribution in [-0.4, -0.2) is 24.5 Å². The van der Waals surface area contributed by atoms with Crippen molar-refractivity contribution < 1.29 is 20.0 Å². The molecule has 0 bridgehead atoms. The zero-order valence-corrected chi connectivity index (χ0v) is 12.2. The van der Waals surface area contributed by atoms with Crippen molar-refractivity contribution in [1.29, 1.82) is 0 Å². The number of carbonyl (C=O) groups excluding carboxylic acids is 2. The van der Waals surface area contributed by atoms with Gasteiger partial charge in [-0.1, -0.05) is 25.1 Å². The molecule has 5 nitrogen and oxygen atoms in total. The van der Waals surface area contributed by atoms with Crippen molar-refractivity contribution in [2.75, 3.05) is 11.9 Å². The normalized spacial score (nSPS) is 11.9. The third-order valence-corrected chi connectivity index (χ3v) is 3.19. The predicted octanol–water partition coefficient (Wildman–Crippen LogP) is -0.276. The number of aliphatic carboxylic acids is 1. The fourth-order valence-electron chi connectivity index (χ4n) is 2.03. The number of nitrogens with two attached hydrogens (primary N) is 1. The van der Waals surface area contributed by atoms with Gasteiger partial charge in [0.2, 0.25) is 5.91 Å². The molecular formula is C15H22N2O3. The van der Waals surface area contributed by atoms with Crippen LogP contribution in [0.1, 0.15) is 30.9 Å². The summed E-state index contributed by atoms with van der Waals surface area (Å²) in [6.45, 7) is 6.43. The summed E-state index contributed by atoms with van der Waals surface area (Å²) in [7, 11) is 0. The van der Waals surface area contributed by atoms with E-state index in [2.05, 4.69) is 5.32 Å². The van der Waals surface area contributed by atoms with Gasteiger partial charge in [0, 0.05) is 5.69 Å². The van der Waals surface area contributed by atoms with Crippen LogP contribution in [-0.2, 0) is 9.59 Å². The maximum atomic E-state index is 12.0. The number of hydrogen-bond donors (Lipinski definition) is 2. The van der Waals surface area contributed by atoms with E-state index in [-0.39, 0.29) is 12.3 Å². The number of anilines is 1. The third kappa shape index (κ3) is 4.66. The Morgan fingerprint density at radius 2 is 1.90 bits per heavy atom. The molecule has 0 aromatic heterocycles. The van der Waals surface area contributed by atoms with Gasteiger partial charge < -0.3 is 20.5 Å². The summed E-state index contributed by atoms with van der Waals surface area (Å²) in [5.74, 6) is -1.50. The molecule has 0 radical (unpaired) electrons. The summed E-state index contributed by atoms with van der Waals surface area (Å²) in [5, 5.41) is 15.4. The van der Waals surface area contributed by atoms with Crippen LogP contribution in [0.5, 0.6) is 0 Å². The third-order valence-electron chi connectivity index (χ3n) is 3.19. The molecule has 1 amide bonds. The summed E-state index contributed by atoms with van der Waals surface area (Å²) in [4.78, 5) is 23.0. The maximum absolute atomic E-state index is 12.0. The highest BCUT2D eigenvalue weighted by molar-refractivity contribution is 5.94. The molecule has 1 aromatic rings. The molecule has 20 heavy (non-hydrogen) atoms. The van der Waals surface area contributed by atoms with Crippen molar-refractivity contribution in [3.05, 3.63) is 29.3 Å². The van der Waals surface area contributed by atoms with E-state index in [9.17, 15) is 14.7 Å². The number of hydrogen-bond acceptors (Lipinski definition) is 3. The summed E-state index contributed by atoms with van der Waals surface area (Å²) in [5.41, 5.74) is 2.67. The van der Waals surface area contributed by atoms with E-state index >= 15 is 0 Å². The van der Waals surface area contributed by atoms with Crippen LogP contribution >= 0.6 is 0 Å². The van der Waals surface area contributed by atoms with E-state index in [1.165, 1.54) is 0 Å². The van der Waals surface area contributed by atoms with E-state index in [0.29, 0.717) is 6.54 Å². The zero-order valence-electron chi connectivity index (χ0n) is 12.2. The molecule has 0 heterocycles.